The van der Waals surface area contributed by atoms with E-state index < -0.39 is 11.6 Å². The first-order valence-corrected chi connectivity index (χ1v) is 12.3. The lowest BCUT2D eigenvalue weighted by Crippen LogP contribution is -2.62. The normalized spacial score (nSPS) is 43.8. The molecule has 1 saturated carbocycles. The summed E-state index contributed by atoms with van der Waals surface area (Å²) in [7, 11) is 0. The maximum absolute atomic E-state index is 12.8. The molecular formula is C25H37NO6. The standard InChI is InChI=1S/C25H37NO6/c1-5-15(2)23(28)32-21-10-17-13-25(30-14-17)9-8-16(3)20(24(21,25)4)7-6-19-11-18(26-29)12-22(27)31-19/h8-9,15-21H,5-7,10-14H2,1-4H3/t15-,16-,17+,18+,19+,20-,21-,24-,25+/m0/s1. The van der Waals surface area contributed by atoms with E-state index in [0.717, 1.165) is 25.7 Å². The van der Waals surface area contributed by atoms with E-state index in [0.29, 0.717) is 25.4 Å². The van der Waals surface area contributed by atoms with E-state index in [4.69, 9.17) is 14.2 Å². The van der Waals surface area contributed by atoms with Crippen molar-refractivity contribution in [2.45, 2.75) is 96.5 Å². The molecule has 0 aromatic carbocycles. The van der Waals surface area contributed by atoms with Gasteiger partial charge in [-0.1, -0.05) is 45.0 Å². The van der Waals surface area contributed by atoms with E-state index in [1.807, 2.05) is 13.8 Å². The van der Waals surface area contributed by atoms with Crippen LogP contribution in [0, 0.1) is 34.0 Å². The van der Waals surface area contributed by atoms with Gasteiger partial charge in [0, 0.05) is 11.8 Å². The van der Waals surface area contributed by atoms with Gasteiger partial charge in [-0.15, -0.1) is 0 Å². The summed E-state index contributed by atoms with van der Waals surface area (Å²) in [6, 6.07) is -0.496. The van der Waals surface area contributed by atoms with Gasteiger partial charge >= 0.3 is 11.9 Å². The molecule has 0 N–H and O–H groups in total. The average Bonchev–Trinajstić information content (AvgIpc) is 3.14. The SMILES string of the molecule is CC[C@H](C)C(=O)O[C@H]1C[C@H]2CO[C@]3(C=C[C@H](C)[C@H](CC[C@@H]4C[C@@H](N=O)CC(=O)O4)[C@@]13C)C2. The summed E-state index contributed by atoms with van der Waals surface area (Å²) in [5.41, 5.74) is -0.790. The summed E-state index contributed by atoms with van der Waals surface area (Å²) in [6.07, 6.45) is 8.54. The lowest BCUT2D eigenvalue weighted by atomic mass is 9.50. The number of carbonyl (C=O) groups excluding carboxylic acids is 2. The highest BCUT2D eigenvalue weighted by Gasteiger charge is 2.66. The summed E-state index contributed by atoms with van der Waals surface area (Å²) < 4.78 is 18.2. The minimum Gasteiger partial charge on any atom is -0.462 e. The van der Waals surface area contributed by atoms with Crippen molar-refractivity contribution < 1.29 is 23.8 Å². The molecule has 0 unspecified atom stereocenters. The molecular weight excluding hydrogens is 410 g/mol. The first-order valence-electron chi connectivity index (χ1n) is 12.3. The van der Waals surface area contributed by atoms with Crippen molar-refractivity contribution in [2.24, 2.45) is 34.3 Å². The van der Waals surface area contributed by atoms with Crippen LogP contribution in [0.15, 0.2) is 17.3 Å². The predicted octanol–water partition coefficient (Wildman–Crippen LogP) is 4.57. The molecule has 2 saturated heterocycles. The maximum Gasteiger partial charge on any atom is 0.308 e. The zero-order valence-corrected chi connectivity index (χ0v) is 19.7. The Labute approximate surface area is 190 Å². The Balaban J connectivity index is 1.58. The van der Waals surface area contributed by atoms with E-state index in [-0.39, 0.29) is 53.7 Å². The molecule has 4 aliphatic rings. The van der Waals surface area contributed by atoms with Crippen molar-refractivity contribution in [1.82, 2.24) is 0 Å². The monoisotopic (exact) mass is 447 g/mol. The summed E-state index contributed by atoms with van der Waals surface area (Å²) in [5.74, 6) is 0.275. The van der Waals surface area contributed by atoms with Crippen molar-refractivity contribution >= 4 is 11.9 Å². The number of fused-ring (bicyclic) bond motifs is 1. The van der Waals surface area contributed by atoms with E-state index >= 15 is 0 Å². The molecule has 0 radical (unpaired) electrons. The second-order valence-electron chi connectivity index (χ2n) is 10.7. The molecule has 2 aliphatic heterocycles. The van der Waals surface area contributed by atoms with Gasteiger partial charge in [0.15, 0.2) is 0 Å². The Kier molecular flexibility index (Phi) is 6.49. The first kappa shape index (κ1) is 23.4. The Hall–Kier alpha value is -1.76. The maximum atomic E-state index is 12.8. The van der Waals surface area contributed by atoms with E-state index in [1.165, 1.54) is 0 Å². The summed E-state index contributed by atoms with van der Waals surface area (Å²) in [5, 5.41) is 3.10. The van der Waals surface area contributed by atoms with Crippen molar-refractivity contribution in [3.63, 3.8) is 0 Å². The third kappa shape index (κ3) is 3.91. The van der Waals surface area contributed by atoms with Crippen LogP contribution in [0.2, 0.25) is 0 Å². The smallest absolute Gasteiger partial charge is 0.308 e. The number of ether oxygens (including phenoxy) is 3. The van der Waals surface area contributed by atoms with Gasteiger partial charge in [0.05, 0.1) is 24.5 Å². The van der Waals surface area contributed by atoms with Crippen LogP contribution in [0.1, 0.15) is 72.6 Å². The predicted molar refractivity (Wildman–Crippen MR) is 119 cm³/mol. The summed E-state index contributed by atoms with van der Waals surface area (Å²) in [6.45, 7) is 9.06. The van der Waals surface area contributed by atoms with Gasteiger partial charge in [0.25, 0.3) is 0 Å². The first-order chi connectivity index (χ1) is 15.2. The van der Waals surface area contributed by atoms with Crippen molar-refractivity contribution in [1.29, 1.82) is 0 Å². The highest BCUT2D eigenvalue weighted by molar-refractivity contribution is 5.72. The van der Waals surface area contributed by atoms with Gasteiger partial charge in [-0.25, -0.2) is 0 Å². The molecule has 9 atom stereocenters. The third-order valence-electron chi connectivity index (χ3n) is 8.83. The molecule has 0 amide bonds. The Morgan fingerprint density at radius 1 is 1.34 bits per heavy atom. The summed E-state index contributed by atoms with van der Waals surface area (Å²) in [4.78, 5) is 35.7. The van der Waals surface area contributed by atoms with Gasteiger partial charge in [0.2, 0.25) is 0 Å². The molecule has 7 nitrogen and oxygen atoms in total. The number of hydrogen-bond donors (Lipinski definition) is 0. The Bertz CT molecular complexity index is 782. The average molecular weight is 448 g/mol. The van der Waals surface area contributed by atoms with Crippen molar-refractivity contribution in [2.75, 3.05) is 6.61 Å². The van der Waals surface area contributed by atoms with Crippen LogP contribution in [0.25, 0.3) is 0 Å². The number of allylic oxidation sites excluding steroid dienone is 1. The van der Waals surface area contributed by atoms with Crippen LogP contribution >= 0.6 is 0 Å². The number of carbonyl (C=O) groups is 2. The number of nitrogens with zero attached hydrogens (tertiary/aromatic N) is 1. The lowest BCUT2D eigenvalue weighted by molar-refractivity contribution is -0.197. The number of nitroso groups, excluding NO2 is 1. The number of hydrogen-bond acceptors (Lipinski definition) is 7. The summed E-state index contributed by atoms with van der Waals surface area (Å²) >= 11 is 0. The van der Waals surface area contributed by atoms with Crippen LogP contribution in [-0.4, -0.2) is 42.4 Å². The van der Waals surface area contributed by atoms with E-state index in [2.05, 4.69) is 31.2 Å². The van der Waals surface area contributed by atoms with Crippen LogP contribution < -0.4 is 0 Å². The second-order valence-corrected chi connectivity index (χ2v) is 10.7. The van der Waals surface area contributed by atoms with Gasteiger partial charge in [0.1, 0.15) is 18.2 Å². The van der Waals surface area contributed by atoms with Crippen LogP contribution in [0.3, 0.4) is 0 Å². The van der Waals surface area contributed by atoms with Gasteiger partial charge in [-0.3, -0.25) is 9.59 Å². The third-order valence-corrected chi connectivity index (χ3v) is 8.83. The molecule has 1 spiro atoms. The Morgan fingerprint density at radius 2 is 2.12 bits per heavy atom. The van der Waals surface area contributed by atoms with Crippen LogP contribution in [-0.2, 0) is 23.8 Å². The zero-order chi connectivity index (χ0) is 23.1. The quantitative estimate of drug-likeness (QED) is 0.322. The van der Waals surface area contributed by atoms with Gasteiger partial charge in [-0.2, -0.15) is 4.91 Å². The molecule has 0 aromatic heterocycles. The van der Waals surface area contributed by atoms with Crippen LogP contribution in [0.5, 0.6) is 0 Å². The fraction of sp³-hybridized carbons (Fsp3) is 0.840. The number of rotatable bonds is 7. The largest absolute Gasteiger partial charge is 0.462 e. The molecule has 2 heterocycles. The van der Waals surface area contributed by atoms with Gasteiger partial charge in [-0.05, 0) is 49.9 Å². The van der Waals surface area contributed by atoms with Crippen LogP contribution in [0.4, 0.5) is 0 Å². The molecule has 0 aromatic rings. The minimum absolute atomic E-state index is 0.0757. The number of esters is 2. The number of cyclic esters (lactones) is 1. The molecule has 7 heteroatoms. The molecule has 178 valence electrons. The minimum atomic E-state index is -0.496. The Morgan fingerprint density at radius 3 is 2.84 bits per heavy atom. The zero-order valence-electron chi connectivity index (χ0n) is 19.7. The fourth-order valence-electron chi connectivity index (χ4n) is 6.64. The highest BCUT2D eigenvalue weighted by Crippen LogP contribution is 2.62. The van der Waals surface area contributed by atoms with Crippen molar-refractivity contribution in [3.8, 4) is 0 Å². The molecule has 32 heavy (non-hydrogen) atoms. The van der Waals surface area contributed by atoms with E-state index in [1.54, 1.807) is 0 Å². The topological polar surface area (TPSA) is 91.3 Å². The molecule has 2 aliphatic carbocycles. The second kappa shape index (κ2) is 8.88. The van der Waals surface area contributed by atoms with Gasteiger partial charge < -0.3 is 14.2 Å². The van der Waals surface area contributed by atoms with E-state index in [9.17, 15) is 14.5 Å². The molecule has 3 fully saturated rings. The highest BCUT2D eigenvalue weighted by atomic mass is 16.6. The van der Waals surface area contributed by atoms with Crippen molar-refractivity contribution in [3.05, 3.63) is 17.1 Å². The molecule has 2 bridgehead atoms. The lowest BCUT2D eigenvalue weighted by Gasteiger charge is -2.58. The fourth-order valence-corrected chi connectivity index (χ4v) is 6.64. The molecule has 4 rings (SSSR count).